The van der Waals surface area contributed by atoms with E-state index in [2.05, 4.69) is 20.9 Å². The van der Waals surface area contributed by atoms with Gasteiger partial charge in [-0.15, -0.1) is 0 Å². The molecule has 7 heteroatoms. The van der Waals surface area contributed by atoms with Gasteiger partial charge in [-0.25, -0.2) is 4.98 Å². The molecule has 0 radical (unpaired) electrons. The van der Waals surface area contributed by atoms with E-state index >= 15 is 0 Å². The number of nitriles is 1. The van der Waals surface area contributed by atoms with E-state index in [-0.39, 0.29) is 6.61 Å². The lowest BCUT2D eigenvalue weighted by atomic mass is 10.2. The van der Waals surface area contributed by atoms with Crippen molar-refractivity contribution in [2.75, 3.05) is 18.5 Å². The average molecular weight is 397 g/mol. The summed E-state index contributed by atoms with van der Waals surface area (Å²) in [6.45, 7) is 0.496. The van der Waals surface area contributed by atoms with E-state index in [4.69, 9.17) is 21.6 Å². The Morgan fingerprint density at radius 2 is 2.07 bits per heavy atom. The van der Waals surface area contributed by atoms with E-state index < -0.39 is 6.10 Å². The molecule has 0 saturated heterocycles. The molecule has 1 unspecified atom stereocenters. The number of anilines is 1. The van der Waals surface area contributed by atoms with E-state index in [0.29, 0.717) is 29.8 Å². The Balaban J connectivity index is 1.36. The zero-order valence-electron chi connectivity index (χ0n) is 15.3. The number of fused-ring (bicyclic) bond motifs is 1. The van der Waals surface area contributed by atoms with Crippen LogP contribution in [-0.2, 0) is 6.42 Å². The Labute approximate surface area is 168 Å². The van der Waals surface area contributed by atoms with Crippen molar-refractivity contribution < 1.29 is 9.84 Å². The van der Waals surface area contributed by atoms with Crippen molar-refractivity contribution in [2.24, 2.45) is 0 Å². The van der Waals surface area contributed by atoms with Crippen molar-refractivity contribution in [3.63, 3.8) is 0 Å². The van der Waals surface area contributed by atoms with Gasteiger partial charge in [-0.1, -0.05) is 23.7 Å². The molecule has 4 rings (SSSR count). The molecule has 0 amide bonds. The van der Waals surface area contributed by atoms with Gasteiger partial charge in [0, 0.05) is 17.6 Å². The van der Waals surface area contributed by atoms with E-state index in [1.807, 2.05) is 42.5 Å². The van der Waals surface area contributed by atoms with Crippen LogP contribution >= 0.6 is 11.6 Å². The standard InChI is InChI=1S/C21H21ClN4O2/c22-15-3-8-19-20(11-15)26(16-4-5-16)21(25-19)24-12-17(27)13-28-18-6-1-14(2-7-18)9-10-23/h1-3,6-8,11,16-17,27H,4-5,9,12-13H2,(H,24,25). The fourth-order valence-electron chi connectivity index (χ4n) is 3.15. The molecule has 6 nitrogen and oxygen atoms in total. The van der Waals surface area contributed by atoms with Gasteiger partial charge in [0.05, 0.1) is 23.5 Å². The second-order valence-electron chi connectivity index (χ2n) is 6.99. The first kappa shape index (κ1) is 18.6. The number of aromatic nitrogens is 2. The van der Waals surface area contributed by atoms with Crippen LogP contribution in [-0.4, -0.2) is 33.9 Å². The summed E-state index contributed by atoms with van der Waals surface area (Å²) in [6, 6.07) is 15.6. The smallest absolute Gasteiger partial charge is 0.204 e. The lowest BCUT2D eigenvalue weighted by Crippen LogP contribution is -2.27. The zero-order chi connectivity index (χ0) is 19.5. The lowest BCUT2D eigenvalue weighted by molar-refractivity contribution is 0.117. The van der Waals surface area contributed by atoms with E-state index in [1.165, 1.54) is 0 Å². The van der Waals surface area contributed by atoms with Crippen LogP contribution in [0.15, 0.2) is 42.5 Å². The van der Waals surface area contributed by atoms with Gasteiger partial charge in [-0.2, -0.15) is 5.26 Å². The third kappa shape index (κ3) is 4.22. The molecule has 0 aliphatic heterocycles. The molecule has 0 bridgehead atoms. The Kier molecular flexibility index (Phi) is 5.38. The van der Waals surface area contributed by atoms with E-state index in [1.54, 1.807) is 0 Å². The highest BCUT2D eigenvalue weighted by atomic mass is 35.5. The first-order valence-electron chi connectivity index (χ1n) is 9.32. The molecule has 144 valence electrons. The molecular formula is C21H21ClN4O2. The number of benzene rings is 2. The van der Waals surface area contributed by atoms with E-state index in [0.717, 1.165) is 35.4 Å². The summed E-state index contributed by atoms with van der Waals surface area (Å²) in [5.74, 6) is 1.42. The number of rotatable bonds is 8. The van der Waals surface area contributed by atoms with Crippen LogP contribution in [0.4, 0.5) is 5.95 Å². The Hall–Kier alpha value is -2.75. The Morgan fingerprint density at radius 3 is 2.79 bits per heavy atom. The monoisotopic (exact) mass is 396 g/mol. The molecular weight excluding hydrogens is 376 g/mol. The molecule has 1 aromatic heterocycles. The number of nitrogens with one attached hydrogen (secondary N) is 1. The molecule has 1 heterocycles. The van der Waals surface area contributed by atoms with Gasteiger partial charge in [0.2, 0.25) is 5.95 Å². The minimum atomic E-state index is -0.685. The van der Waals surface area contributed by atoms with Gasteiger partial charge in [0.15, 0.2) is 0 Å². The lowest BCUT2D eigenvalue weighted by Gasteiger charge is -2.15. The van der Waals surface area contributed by atoms with Crippen LogP contribution in [0.25, 0.3) is 11.0 Å². The normalized spacial score (nSPS) is 14.6. The van der Waals surface area contributed by atoms with E-state index in [9.17, 15) is 5.11 Å². The predicted molar refractivity (Wildman–Crippen MR) is 109 cm³/mol. The minimum absolute atomic E-state index is 0.167. The summed E-state index contributed by atoms with van der Waals surface area (Å²) in [5, 5.41) is 22.9. The van der Waals surface area contributed by atoms with Gasteiger partial charge < -0.3 is 19.7 Å². The molecule has 2 N–H and O–H groups in total. The van der Waals surface area contributed by atoms with Crippen LogP contribution in [0.3, 0.4) is 0 Å². The quantitative estimate of drug-likeness (QED) is 0.602. The summed E-state index contributed by atoms with van der Waals surface area (Å²) in [5.41, 5.74) is 2.85. The number of imidazole rings is 1. The minimum Gasteiger partial charge on any atom is -0.491 e. The maximum atomic E-state index is 10.3. The number of ether oxygens (including phenoxy) is 1. The van der Waals surface area contributed by atoms with Crippen molar-refractivity contribution >= 4 is 28.6 Å². The summed E-state index contributed by atoms with van der Waals surface area (Å²) in [7, 11) is 0. The second kappa shape index (κ2) is 8.09. The summed E-state index contributed by atoms with van der Waals surface area (Å²) >= 11 is 6.15. The molecule has 1 fully saturated rings. The molecule has 3 aromatic rings. The SMILES string of the molecule is N#CCc1ccc(OCC(O)CNc2nc3ccc(Cl)cc3n2C2CC2)cc1. The van der Waals surface area contributed by atoms with Crippen molar-refractivity contribution in [3.05, 3.63) is 53.1 Å². The molecule has 1 saturated carbocycles. The summed E-state index contributed by atoms with van der Waals surface area (Å²) in [6.07, 6.45) is 1.94. The summed E-state index contributed by atoms with van der Waals surface area (Å²) in [4.78, 5) is 4.65. The number of hydrogen-bond donors (Lipinski definition) is 2. The van der Waals surface area contributed by atoms with Gasteiger partial charge in [-0.05, 0) is 48.7 Å². The average Bonchev–Trinajstić information content (AvgIpc) is 3.47. The topological polar surface area (TPSA) is 83.1 Å². The Morgan fingerprint density at radius 1 is 1.29 bits per heavy atom. The highest BCUT2D eigenvalue weighted by Crippen LogP contribution is 2.40. The van der Waals surface area contributed by atoms with Crippen LogP contribution in [0.5, 0.6) is 5.75 Å². The molecule has 28 heavy (non-hydrogen) atoms. The first-order chi connectivity index (χ1) is 13.6. The van der Waals surface area contributed by atoms with Gasteiger partial charge in [-0.3, -0.25) is 0 Å². The fourth-order valence-corrected chi connectivity index (χ4v) is 3.31. The highest BCUT2D eigenvalue weighted by molar-refractivity contribution is 6.31. The van der Waals surface area contributed by atoms with Gasteiger partial charge in [0.1, 0.15) is 18.5 Å². The molecule has 0 spiro atoms. The largest absolute Gasteiger partial charge is 0.491 e. The second-order valence-corrected chi connectivity index (χ2v) is 7.43. The van der Waals surface area contributed by atoms with Crippen molar-refractivity contribution in [1.29, 1.82) is 5.26 Å². The Bertz CT molecular complexity index is 1010. The number of nitrogens with zero attached hydrogens (tertiary/aromatic N) is 3. The predicted octanol–water partition coefficient (Wildman–Crippen LogP) is 3.94. The van der Waals surface area contributed by atoms with Gasteiger partial charge in [0.25, 0.3) is 0 Å². The van der Waals surface area contributed by atoms with Crippen LogP contribution in [0, 0.1) is 11.3 Å². The third-order valence-corrected chi connectivity index (χ3v) is 4.94. The third-order valence-electron chi connectivity index (χ3n) is 4.71. The van der Waals surface area contributed by atoms with Crippen molar-refractivity contribution in [2.45, 2.75) is 31.4 Å². The highest BCUT2D eigenvalue weighted by Gasteiger charge is 2.28. The number of halogens is 1. The van der Waals surface area contributed by atoms with Crippen LogP contribution < -0.4 is 10.1 Å². The molecule has 1 aliphatic carbocycles. The maximum Gasteiger partial charge on any atom is 0.204 e. The number of aliphatic hydroxyl groups excluding tert-OH is 1. The molecule has 2 aromatic carbocycles. The number of hydrogen-bond acceptors (Lipinski definition) is 5. The number of aliphatic hydroxyl groups is 1. The molecule has 1 atom stereocenters. The van der Waals surface area contributed by atoms with Crippen molar-refractivity contribution in [3.8, 4) is 11.8 Å². The zero-order valence-corrected chi connectivity index (χ0v) is 16.1. The van der Waals surface area contributed by atoms with Crippen LogP contribution in [0.1, 0.15) is 24.4 Å². The fraction of sp³-hybridized carbons (Fsp3) is 0.333. The van der Waals surface area contributed by atoms with Gasteiger partial charge >= 0.3 is 0 Å². The summed E-state index contributed by atoms with van der Waals surface area (Å²) < 4.78 is 7.81. The molecule has 1 aliphatic rings. The maximum absolute atomic E-state index is 10.3. The van der Waals surface area contributed by atoms with Crippen LogP contribution in [0.2, 0.25) is 5.02 Å². The van der Waals surface area contributed by atoms with Crippen molar-refractivity contribution in [1.82, 2.24) is 9.55 Å². The first-order valence-corrected chi connectivity index (χ1v) is 9.70.